The first-order valence-corrected chi connectivity index (χ1v) is 11.9. The maximum absolute atomic E-state index is 13.1. The summed E-state index contributed by atoms with van der Waals surface area (Å²) in [5, 5.41) is 0. The van der Waals surface area contributed by atoms with Crippen LogP contribution >= 0.6 is 11.3 Å². The van der Waals surface area contributed by atoms with E-state index in [0.29, 0.717) is 17.3 Å². The lowest BCUT2D eigenvalue weighted by atomic mass is 9.97. The third kappa shape index (κ3) is 5.08. The molecular weight excluding hydrogens is 368 g/mol. The molecule has 1 fully saturated rings. The molecular formula is C19H32N2O3S2. The lowest BCUT2D eigenvalue weighted by Gasteiger charge is -2.35. The molecule has 1 atom stereocenters. The van der Waals surface area contributed by atoms with Crippen LogP contribution in [0.25, 0.3) is 0 Å². The second-order valence-electron chi connectivity index (χ2n) is 7.40. The molecule has 148 valence electrons. The minimum absolute atomic E-state index is 0.110. The molecule has 1 amide bonds. The highest BCUT2D eigenvalue weighted by molar-refractivity contribution is 7.91. The number of carbonyl (C=O) groups excluding carboxylic acids is 1. The maximum Gasteiger partial charge on any atom is 0.252 e. The summed E-state index contributed by atoms with van der Waals surface area (Å²) in [6.45, 7) is 9.69. The molecule has 1 aromatic rings. The van der Waals surface area contributed by atoms with Gasteiger partial charge in [-0.15, -0.1) is 11.3 Å². The van der Waals surface area contributed by atoms with E-state index in [-0.39, 0.29) is 17.9 Å². The number of amides is 1. The molecule has 1 aromatic heterocycles. The number of hydrogen-bond donors (Lipinski definition) is 0. The summed E-state index contributed by atoms with van der Waals surface area (Å²) >= 11 is 1.30. The molecule has 0 saturated carbocycles. The van der Waals surface area contributed by atoms with Crippen LogP contribution in [0.15, 0.2) is 16.3 Å². The molecule has 7 heteroatoms. The summed E-state index contributed by atoms with van der Waals surface area (Å²) in [7, 11) is -3.49. The van der Waals surface area contributed by atoms with Gasteiger partial charge >= 0.3 is 0 Å². The molecule has 0 spiro atoms. The molecule has 5 nitrogen and oxygen atoms in total. The van der Waals surface area contributed by atoms with Crippen molar-refractivity contribution in [1.29, 1.82) is 0 Å². The molecule has 0 radical (unpaired) electrons. The van der Waals surface area contributed by atoms with E-state index < -0.39 is 10.0 Å². The number of hydrogen-bond acceptors (Lipinski definition) is 4. The SMILES string of the molecule is CCCCCN(C(=O)C1CCCN(S(=O)(=O)c2ccc(C)s2)C1)C(C)C. The first-order valence-electron chi connectivity index (χ1n) is 9.64. The molecule has 0 aromatic carbocycles. The second-order valence-corrected chi connectivity index (χ2v) is 10.9. The Morgan fingerprint density at radius 1 is 1.35 bits per heavy atom. The van der Waals surface area contributed by atoms with Crippen LogP contribution in [0.5, 0.6) is 0 Å². The van der Waals surface area contributed by atoms with Crippen molar-refractivity contribution in [2.75, 3.05) is 19.6 Å². The zero-order valence-corrected chi connectivity index (χ0v) is 18.0. The topological polar surface area (TPSA) is 57.7 Å². The zero-order valence-electron chi connectivity index (χ0n) is 16.4. The van der Waals surface area contributed by atoms with E-state index in [4.69, 9.17) is 0 Å². The van der Waals surface area contributed by atoms with Gasteiger partial charge in [-0.3, -0.25) is 4.79 Å². The fraction of sp³-hybridized carbons (Fsp3) is 0.737. The number of rotatable bonds is 8. The van der Waals surface area contributed by atoms with Gasteiger partial charge in [-0.05, 0) is 52.2 Å². The van der Waals surface area contributed by atoms with Gasteiger partial charge in [0.1, 0.15) is 4.21 Å². The van der Waals surface area contributed by atoms with Crippen molar-refractivity contribution in [3.63, 3.8) is 0 Å². The predicted molar refractivity (Wildman–Crippen MR) is 107 cm³/mol. The molecule has 1 saturated heterocycles. The predicted octanol–water partition coefficient (Wildman–Crippen LogP) is 3.88. The van der Waals surface area contributed by atoms with E-state index >= 15 is 0 Å². The van der Waals surface area contributed by atoms with Crippen LogP contribution in [0.2, 0.25) is 0 Å². The number of piperidine rings is 1. The van der Waals surface area contributed by atoms with E-state index in [9.17, 15) is 13.2 Å². The first-order chi connectivity index (χ1) is 12.3. The Morgan fingerprint density at radius 3 is 2.65 bits per heavy atom. The summed E-state index contributed by atoms with van der Waals surface area (Å²) in [5.41, 5.74) is 0. The van der Waals surface area contributed by atoms with Crippen molar-refractivity contribution in [2.24, 2.45) is 5.92 Å². The summed E-state index contributed by atoms with van der Waals surface area (Å²) in [4.78, 5) is 16.0. The highest BCUT2D eigenvalue weighted by Crippen LogP contribution is 2.29. The Hall–Kier alpha value is -0.920. The van der Waals surface area contributed by atoms with Crippen molar-refractivity contribution in [1.82, 2.24) is 9.21 Å². The van der Waals surface area contributed by atoms with E-state index in [1.807, 2.05) is 31.7 Å². The lowest BCUT2D eigenvalue weighted by molar-refractivity contribution is -0.138. The third-order valence-electron chi connectivity index (χ3n) is 4.95. The fourth-order valence-corrected chi connectivity index (χ4v) is 6.39. The summed E-state index contributed by atoms with van der Waals surface area (Å²) in [6, 6.07) is 3.65. The largest absolute Gasteiger partial charge is 0.340 e. The molecule has 2 rings (SSSR count). The van der Waals surface area contributed by atoms with Crippen molar-refractivity contribution in [2.45, 2.75) is 70.1 Å². The van der Waals surface area contributed by atoms with Crippen molar-refractivity contribution >= 4 is 27.3 Å². The standard InChI is InChI=1S/C19H32N2O3S2/c1-5-6-7-13-21(15(2)3)19(22)17-9-8-12-20(14-17)26(23,24)18-11-10-16(4)25-18/h10-11,15,17H,5-9,12-14H2,1-4H3. The van der Waals surface area contributed by atoms with Gasteiger partial charge in [0.2, 0.25) is 5.91 Å². The van der Waals surface area contributed by atoms with Crippen LogP contribution in [0.3, 0.4) is 0 Å². The minimum atomic E-state index is -3.49. The summed E-state index contributed by atoms with van der Waals surface area (Å²) in [6.07, 6.45) is 4.74. The smallest absolute Gasteiger partial charge is 0.252 e. The van der Waals surface area contributed by atoms with Gasteiger partial charge < -0.3 is 4.90 Å². The van der Waals surface area contributed by atoms with Crippen molar-refractivity contribution in [3.05, 3.63) is 17.0 Å². The molecule has 1 unspecified atom stereocenters. The van der Waals surface area contributed by atoms with Gasteiger partial charge in [0.05, 0.1) is 5.92 Å². The molecule has 0 aliphatic carbocycles. The second kappa shape index (κ2) is 9.33. The summed E-state index contributed by atoms with van der Waals surface area (Å²) in [5.74, 6) is -0.123. The van der Waals surface area contributed by atoms with Gasteiger partial charge in [-0.25, -0.2) is 8.42 Å². The Bertz CT molecular complexity index is 697. The Labute approximate surface area is 162 Å². The molecule has 1 aliphatic rings. The van der Waals surface area contributed by atoms with Crippen LogP contribution < -0.4 is 0 Å². The van der Waals surface area contributed by atoms with Crippen molar-refractivity contribution < 1.29 is 13.2 Å². The minimum Gasteiger partial charge on any atom is -0.340 e. The number of carbonyl (C=O) groups is 1. The number of nitrogens with zero attached hydrogens (tertiary/aromatic N) is 2. The molecule has 2 heterocycles. The van der Waals surface area contributed by atoms with E-state index in [1.165, 1.54) is 15.6 Å². The Balaban J connectivity index is 2.09. The highest BCUT2D eigenvalue weighted by atomic mass is 32.2. The number of aryl methyl sites for hydroxylation is 1. The van der Waals surface area contributed by atoms with E-state index in [1.54, 1.807) is 6.07 Å². The van der Waals surface area contributed by atoms with E-state index in [0.717, 1.165) is 43.5 Å². The molecule has 26 heavy (non-hydrogen) atoms. The first kappa shape index (κ1) is 21.4. The van der Waals surface area contributed by atoms with Gasteiger partial charge in [-0.1, -0.05) is 19.8 Å². The average Bonchev–Trinajstić information content (AvgIpc) is 3.05. The Morgan fingerprint density at radius 2 is 2.08 bits per heavy atom. The van der Waals surface area contributed by atoms with Crippen LogP contribution in [-0.2, 0) is 14.8 Å². The van der Waals surface area contributed by atoms with Crippen molar-refractivity contribution in [3.8, 4) is 0 Å². The Kier molecular flexibility index (Phi) is 7.67. The van der Waals surface area contributed by atoms with Gasteiger partial charge in [0.25, 0.3) is 10.0 Å². The van der Waals surface area contributed by atoms with Crippen LogP contribution in [0.1, 0.15) is 57.8 Å². The van der Waals surface area contributed by atoms with Crippen LogP contribution in [0, 0.1) is 12.8 Å². The maximum atomic E-state index is 13.1. The van der Waals surface area contributed by atoms with Gasteiger partial charge in [-0.2, -0.15) is 4.31 Å². The zero-order chi connectivity index (χ0) is 19.3. The van der Waals surface area contributed by atoms with E-state index in [2.05, 4.69) is 6.92 Å². The quantitative estimate of drug-likeness (QED) is 0.622. The molecule has 1 aliphatic heterocycles. The highest BCUT2D eigenvalue weighted by Gasteiger charge is 2.36. The number of thiophene rings is 1. The normalized spacial score (nSPS) is 19.0. The molecule has 0 bridgehead atoms. The summed E-state index contributed by atoms with van der Waals surface area (Å²) < 4.78 is 27.7. The molecule has 0 N–H and O–H groups in total. The van der Waals surface area contributed by atoms with Crippen LogP contribution in [-0.4, -0.2) is 49.2 Å². The average molecular weight is 401 g/mol. The lowest BCUT2D eigenvalue weighted by Crippen LogP contribution is -2.48. The van der Waals surface area contributed by atoms with Gasteiger partial charge in [0.15, 0.2) is 0 Å². The fourth-order valence-electron chi connectivity index (χ4n) is 3.43. The third-order valence-corrected chi connectivity index (χ3v) is 8.29. The number of sulfonamides is 1. The monoisotopic (exact) mass is 400 g/mol. The number of unbranched alkanes of at least 4 members (excludes halogenated alkanes) is 2. The van der Waals surface area contributed by atoms with Gasteiger partial charge in [0, 0.05) is 30.6 Å². The van der Waals surface area contributed by atoms with Crippen LogP contribution in [0.4, 0.5) is 0 Å².